The van der Waals surface area contributed by atoms with Crippen LogP contribution in [0.25, 0.3) is 0 Å². The molecule has 1 aromatic heterocycles. The lowest BCUT2D eigenvalue weighted by Crippen LogP contribution is -1.93. The molecule has 0 amide bonds. The van der Waals surface area contributed by atoms with Crippen LogP contribution >= 0.6 is 43.2 Å². The minimum Gasteiger partial charge on any atom is -0.372 e. The van der Waals surface area contributed by atoms with E-state index in [4.69, 9.17) is 4.74 Å². The van der Waals surface area contributed by atoms with Crippen LogP contribution in [0.5, 0.6) is 0 Å². The molecular weight excluding hydrogens is 376 g/mol. The van der Waals surface area contributed by atoms with Gasteiger partial charge in [-0.05, 0) is 45.6 Å². The van der Waals surface area contributed by atoms with Crippen molar-refractivity contribution in [2.24, 2.45) is 0 Å². The largest absolute Gasteiger partial charge is 0.372 e. The molecule has 1 atom stereocenters. The summed E-state index contributed by atoms with van der Waals surface area (Å²) in [7, 11) is 0. The van der Waals surface area contributed by atoms with Gasteiger partial charge in [0.2, 0.25) is 0 Å². The number of fused-ring (bicyclic) bond motifs is 1. The molecule has 0 fully saturated rings. The second-order valence-electron chi connectivity index (χ2n) is 4.45. The van der Waals surface area contributed by atoms with E-state index in [9.17, 15) is 0 Å². The Bertz CT molecular complexity index is 591. The molecule has 94 valence electrons. The van der Waals surface area contributed by atoms with Gasteiger partial charge in [0.1, 0.15) is 0 Å². The molecule has 0 N–H and O–H groups in total. The lowest BCUT2D eigenvalue weighted by atomic mass is 10.0. The number of halogens is 2. The summed E-state index contributed by atoms with van der Waals surface area (Å²) in [4.78, 5) is 2.90. The monoisotopic (exact) mass is 386 g/mol. The highest BCUT2D eigenvalue weighted by Gasteiger charge is 2.19. The van der Waals surface area contributed by atoms with Crippen molar-refractivity contribution in [1.82, 2.24) is 0 Å². The fourth-order valence-electron chi connectivity index (χ4n) is 2.18. The van der Waals surface area contributed by atoms with Gasteiger partial charge in [0.15, 0.2) is 0 Å². The molecular formula is C14H12Br2OS. The third kappa shape index (κ3) is 2.31. The molecule has 1 unspecified atom stereocenters. The maximum absolute atomic E-state index is 5.46. The van der Waals surface area contributed by atoms with Gasteiger partial charge in [0.05, 0.1) is 18.0 Å². The summed E-state index contributed by atoms with van der Waals surface area (Å²) in [5, 5.41) is 0. The first-order chi connectivity index (χ1) is 8.65. The number of hydrogen-bond donors (Lipinski definition) is 0. The van der Waals surface area contributed by atoms with Gasteiger partial charge >= 0.3 is 0 Å². The van der Waals surface area contributed by atoms with Crippen LogP contribution in [0.2, 0.25) is 0 Å². The molecule has 0 spiro atoms. The van der Waals surface area contributed by atoms with Gasteiger partial charge in [0, 0.05) is 14.2 Å². The van der Waals surface area contributed by atoms with E-state index in [1.54, 1.807) is 0 Å². The van der Waals surface area contributed by atoms with Gasteiger partial charge in [0.25, 0.3) is 0 Å². The number of aryl methyl sites for hydroxylation is 1. The normalized spacial score (nSPS) is 15.7. The predicted octanol–water partition coefficient (Wildman–Crippen LogP) is 5.33. The van der Waals surface area contributed by atoms with Crippen LogP contribution < -0.4 is 0 Å². The Kier molecular flexibility index (Phi) is 3.63. The quantitative estimate of drug-likeness (QED) is 0.632. The van der Waals surface area contributed by atoms with Gasteiger partial charge in [-0.2, -0.15) is 0 Å². The first-order valence-electron chi connectivity index (χ1n) is 5.74. The van der Waals surface area contributed by atoms with E-state index >= 15 is 0 Å². The molecule has 1 aromatic carbocycles. The van der Waals surface area contributed by atoms with Crippen LogP contribution in [0, 0.1) is 6.92 Å². The number of benzene rings is 1. The first-order valence-corrected chi connectivity index (χ1v) is 8.27. The van der Waals surface area contributed by atoms with Crippen molar-refractivity contribution >= 4 is 43.2 Å². The smallest absolute Gasteiger partial charge is 0.0749 e. The van der Waals surface area contributed by atoms with E-state index < -0.39 is 0 Å². The van der Waals surface area contributed by atoms with Crippen molar-refractivity contribution in [1.29, 1.82) is 0 Å². The Hall–Kier alpha value is -0.160. The topological polar surface area (TPSA) is 9.23 Å². The van der Waals surface area contributed by atoms with Crippen LogP contribution in [0.3, 0.4) is 0 Å². The molecule has 0 saturated heterocycles. The Morgan fingerprint density at radius 3 is 2.72 bits per heavy atom. The van der Waals surface area contributed by atoms with Crippen LogP contribution in [0.4, 0.5) is 0 Å². The van der Waals surface area contributed by atoms with Crippen molar-refractivity contribution < 1.29 is 4.74 Å². The highest BCUT2D eigenvalue weighted by molar-refractivity contribution is 9.11. The summed E-state index contributed by atoms with van der Waals surface area (Å²) in [6.07, 6.45) is 0. The molecule has 0 saturated carbocycles. The molecule has 2 aromatic rings. The maximum Gasteiger partial charge on any atom is 0.0749 e. The van der Waals surface area contributed by atoms with Gasteiger partial charge in [-0.3, -0.25) is 0 Å². The predicted molar refractivity (Wildman–Crippen MR) is 82.5 cm³/mol. The van der Waals surface area contributed by atoms with Gasteiger partial charge in [-0.1, -0.05) is 34.1 Å². The molecule has 18 heavy (non-hydrogen) atoms. The standard InChI is InChI=1S/C14H12Br2OS/c1-8-4-12(15)14(18-8)13(16)9-2-3-10-6-17-7-11(10)5-9/h2-5,13H,6-7H2,1H3. The summed E-state index contributed by atoms with van der Waals surface area (Å²) < 4.78 is 6.65. The summed E-state index contributed by atoms with van der Waals surface area (Å²) >= 11 is 9.26. The second-order valence-corrected chi connectivity index (χ2v) is 7.51. The second kappa shape index (κ2) is 5.08. The van der Waals surface area contributed by atoms with Crippen molar-refractivity contribution in [3.8, 4) is 0 Å². The molecule has 1 nitrogen and oxygen atoms in total. The molecule has 3 rings (SSSR count). The van der Waals surface area contributed by atoms with Gasteiger partial charge < -0.3 is 4.74 Å². The molecule has 4 heteroatoms. The molecule has 0 bridgehead atoms. The molecule has 1 aliphatic rings. The number of thiophene rings is 1. The SMILES string of the molecule is Cc1cc(Br)c(C(Br)c2ccc3c(c2)COC3)s1. The van der Waals surface area contributed by atoms with Crippen LogP contribution in [0.1, 0.15) is 31.3 Å². The average Bonchev–Trinajstić information content (AvgIpc) is 2.93. The van der Waals surface area contributed by atoms with E-state index in [-0.39, 0.29) is 4.83 Å². The lowest BCUT2D eigenvalue weighted by molar-refractivity contribution is 0.134. The van der Waals surface area contributed by atoms with Crippen molar-refractivity contribution in [3.63, 3.8) is 0 Å². The third-order valence-electron chi connectivity index (χ3n) is 3.10. The number of rotatable bonds is 2. The summed E-state index contributed by atoms with van der Waals surface area (Å²) in [6.45, 7) is 3.63. The average molecular weight is 388 g/mol. The molecule has 1 aliphatic heterocycles. The van der Waals surface area contributed by atoms with E-state index in [0.29, 0.717) is 0 Å². The zero-order valence-electron chi connectivity index (χ0n) is 9.87. The number of hydrogen-bond acceptors (Lipinski definition) is 2. The Morgan fingerprint density at radius 2 is 2.00 bits per heavy atom. The van der Waals surface area contributed by atoms with E-state index in [0.717, 1.165) is 13.2 Å². The molecule has 2 heterocycles. The minimum atomic E-state index is 0.247. The van der Waals surface area contributed by atoms with E-state index in [1.165, 1.54) is 30.9 Å². The molecule has 0 radical (unpaired) electrons. The third-order valence-corrected chi connectivity index (χ3v) is 6.43. The zero-order valence-corrected chi connectivity index (χ0v) is 13.9. The Labute approximate surface area is 127 Å². The summed E-state index contributed by atoms with van der Waals surface area (Å²) in [5.41, 5.74) is 3.93. The van der Waals surface area contributed by atoms with Crippen molar-refractivity contribution in [2.75, 3.05) is 0 Å². The fourth-order valence-corrected chi connectivity index (χ4v) is 5.18. The lowest BCUT2D eigenvalue weighted by Gasteiger charge is -2.10. The van der Waals surface area contributed by atoms with Crippen molar-refractivity contribution in [2.45, 2.75) is 25.0 Å². The van der Waals surface area contributed by atoms with Crippen LogP contribution in [-0.4, -0.2) is 0 Å². The van der Waals surface area contributed by atoms with E-state index in [1.807, 2.05) is 11.3 Å². The fraction of sp³-hybridized carbons (Fsp3) is 0.286. The Balaban J connectivity index is 1.97. The number of ether oxygens (including phenoxy) is 1. The highest BCUT2D eigenvalue weighted by Crippen LogP contribution is 2.41. The van der Waals surface area contributed by atoms with Gasteiger partial charge in [-0.15, -0.1) is 11.3 Å². The van der Waals surface area contributed by atoms with Crippen LogP contribution in [-0.2, 0) is 18.0 Å². The summed E-state index contributed by atoms with van der Waals surface area (Å²) in [5.74, 6) is 0. The molecule has 0 aliphatic carbocycles. The first kappa shape index (κ1) is 12.9. The minimum absolute atomic E-state index is 0.247. The van der Waals surface area contributed by atoms with Crippen LogP contribution in [0.15, 0.2) is 28.7 Å². The highest BCUT2D eigenvalue weighted by atomic mass is 79.9. The van der Waals surface area contributed by atoms with E-state index in [2.05, 4.69) is 63.0 Å². The zero-order chi connectivity index (χ0) is 12.7. The maximum atomic E-state index is 5.46. The summed E-state index contributed by atoms with van der Waals surface area (Å²) in [6, 6.07) is 8.79. The number of alkyl halides is 1. The van der Waals surface area contributed by atoms with Gasteiger partial charge in [-0.25, -0.2) is 0 Å². The van der Waals surface area contributed by atoms with Crippen molar-refractivity contribution in [3.05, 3.63) is 55.2 Å². The Morgan fingerprint density at radius 1 is 1.22 bits per heavy atom.